The Morgan fingerprint density at radius 1 is 0.897 bits per heavy atom. The molecule has 146 valence electrons. The highest BCUT2D eigenvalue weighted by Crippen LogP contribution is 2.20. The topological polar surface area (TPSA) is 51.1 Å². The summed E-state index contributed by atoms with van der Waals surface area (Å²) >= 11 is 7.56. The molecule has 1 heterocycles. The van der Waals surface area contributed by atoms with Gasteiger partial charge in [0.2, 0.25) is 5.91 Å². The second-order valence-corrected chi connectivity index (χ2v) is 8.21. The van der Waals surface area contributed by atoms with Gasteiger partial charge in [-0.05, 0) is 48.5 Å². The van der Waals surface area contributed by atoms with E-state index in [-0.39, 0.29) is 17.9 Å². The molecule has 1 aromatic heterocycles. The summed E-state index contributed by atoms with van der Waals surface area (Å²) < 4.78 is 1.91. The van der Waals surface area contributed by atoms with Gasteiger partial charge < -0.3 is 9.88 Å². The van der Waals surface area contributed by atoms with Gasteiger partial charge in [-0.1, -0.05) is 35.9 Å². The molecular weight excluding hydrogens is 404 g/mol. The van der Waals surface area contributed by atoms with Gasteiger partial charge in [-0.2, -0.15) is 0 Å². The summed E-state index contributed by atoms with van der Waals surface area (Å²) in [4.78, 5) is 26.5. The fourth-order valence-electron chi connectivity index (χ4n) is 3.34. The number of para-hydroxylation sites is 2. The number of pyridine rings is 1. The number of nitrogens with one attached hydrogen (secondary N) is 1. The van der Waals surface area contributed by atoms with Crippen LogP contribution >= 0.6 is 23.4 Å². The Labute approximate surface area is 177 Å². The van der Waals surface area contributed by atoms with Crippen LogP contribution in [0.4, 0.5) is 0 Å². The minimum atomic E-state index is -0.0827. The lowest BCUT2D eigenvalue weighted by Gasteiger charge is -2.15. The number of hydrogen-bond acceptors (Lipinski definition) is 3. The lowest BCUT2D eigenvalue weighted by molar-refractivity contribution is -0.121. The zero-order valence-corrected chi connectivity index (χ0v) is 17.2. The molecule has 1 N–H and O–H groups in total. The fourth-order valence-corrected chi connectivity index (χ4v) is 4.23. The van der Waals surface area contributed by atoms with Gasteiger partial charge in [-0.25, -0.2) is 0 Å². The molecular formula is C23H19ClN2O2S. The molecule has 0 spiro atoms. The van der Waals surface area contributed by atoms with Crippen LogP contribution in [0.15, 0.2) is 82.5 Å². The van der Waals surface area contributed by atoms with E-state index in [0.29, 0.717) is 22.3 Å². The Hall–Kier alpha value is -2.76. The van der Waals surface area contributed by atoms with Gasteiger partial charge >= 0.3 is 0 Å². The Morgan fingerprint density at radius 2 is 1.48 bits per heavy atom. The number of nitrogens with zero attached hydrogens (tertiary/aromatic N) is 1. The molecule has 3 aromatic carbocycles. The molecule has 6 heteroatoms. The van der Waals surface area contributed by atoms with Gasteiger partial charge in [0, 0.05) is 33.0 Å². The SMILES string of the molecule is O=C(Cn1c2ccccc2c(=O)c2ccccc21)NCCSc1ccc(Cl)cc1. The predicted molar refractivity (Wildman–Crippen MR) is 121 cm³/mol. The van der Waals surface area contributed by atoms with Gasteiger partial charge in [0.15, 0.2) is 5.43 Å². The summed E-state index contributed by atoms with van der Waals surface area (Å²) in [6.07, 6.45) is 0. The molecule has 0 bridgehead atoms. The average molecular weight is 423 g/mol. The van der Waals surface area contributed by atoms with Crippen molar-refractivity contribution >= 4 is 51.1 Å². The molecule has 0 unspecified atom stereocenters. The van der Waals surface area contributed by atoms with Crippen molar-refractivity contribution in [3.8, 4) is 0 Å². The highest BCUT2D eigenvalue weighted by molar-refractivity contribution is 7.99. The number of amides is 1. The molecule has 0 aliphatic rings. The average Bonchev–Trinajstić information content (AvgIpc) is 2.75. The van der Waals surface area contributed by atoms with Crippen molar-refractivity contribution < 1.29 is 4.79 Å². The maximum atomic E-state index is 12.8. The van der Waals surface area contributed by atoms with E-state index in [2.05, 4.69) is 5.32 Å². The highest BCUT2D eigenvalue weighted by Gasteiger charge is 2.12. The third-order valence-corrected chi connectivity index (χ3v) is 5.95. The molecule has 0 saturated carbocycles. The van der Waals surface area contributed by atoms with Gasteiger partial charge in [0.1, 0.15) is 6.54 Å². The fraction of sp³-hybridized carbons (Fsp3) is 0.130. The molecule has 4 rings (SSSR count). The first-order valence-electron chi connectivity index (χ1n) is 9.29. The van der Waals surface area contributed by atoms with Crippen molar-refractivity contribution in [1.82, 2.24) is 9.88 Å². The summed E-state index contributed by atoms with van der Waals surface area (Å²) in [7, 11) is 0. The first-order chi connectivity index (χ1) is 14.1. The van der Waals surface area contributed by atoms with Crippen LogP contribution in [0.25, 0.3) is 21.8 Å². The van der Waals surface area contributed by atoms with Crippen LogP contribution in [0, 0.1) is 0 Å². The van der Waals surface area contributed by atoms with Crippen molar-refractivity contribution in [2.75, 3.05) is 12.3 Å². The van der Waals surface area contributed by atoms with Crippen molar-refractivity contribution in [2.45, 2.75) is 11.4 Å². The van der Waals surface area contributed by atoms with Gasteiger partial charge in [0.05, 0.1) is 11.0 Å². The Kier molecular flexibility index (Phi) is 5.88. The molecule has 29 heavy (non-hydrogen) atoms. The largest absolute Gasteiger partial charge is 0.354 e. The van der Waals surface area contributed by atoms with Gasteiger partial charge in [0.25, 0.3) is 0 Å². The molecule has 0 saturated heterocycles. The van der Waals surface area contributed by atoms with Crippen molar-refractivity contribution in [1.29, 1.82) is 0 Å². The lowest BCUT2D eigenvalue weighted by Crippen LogP contribution is -2.30. The van der Waals surface area contributed by atoms with E-state index < -0.39 is 0 Å². The molecule has 0 atom stereocenters. The van der Waals surface area contributed by atoms with Crippen LogP contribution in [0.5, 0.6) is 0 Å². The summed E-state index contributed by atoms with van der Waals surface area (Å²) in [5.41, 5.74) is 1.52. The first kappa shape index (κ1) is 19.6. The number of thioether (sulfide) groups is 1. The van der Waals surface area contributed by atoms with Gasteiger partial charge in [-0.15, -0.1) is 11.8 Å². The number of carbonyl (C=O) groups is 1. The number of benzene rings is 3. The molecule has 0 aliphatic heterocycles. The number of aromatic nitrogens is 1. The van der Waals surface area contributed by atoms with Crippen LogP contribution in [-0.2, 0) is 11.3 Å². The van der Waals surface area contributed by atoms with Crippen LogP contribution in [0.2, 0.25) is 5.02 Å². The van der Waals surface area contributed by atoms with Crippen LogP contribution in [-0.4, -0.2) is 22.8 Å². The van der Waals surface area contributed by atoms with E-state index in [1.54, 1.807) is 23.9 Å². The molecule has 1 amide bonds. The molecule has 4 nitrogen and oxygen atoms in total. The third-order valence-electron chi connectivity index (χ3n) is 4.69. The van der Waals surface area contributed by atoms with Crippen LogP contribution in [0.3, 0.4) is 0 Å². The minimum Gasteiger partial charge on any atom is -0.354 e. The number of rotatable bonds is 6. The number of hydrogen-bond donors (Lipinski definition) is 1. The Bertz CT molecular complexity index is 1180. The van der Waals surface area contributed by atoms with E-state index in [0.717, 1.165) is 21.7 Å². The van der Waals surface area contributed by atoms with Crippen LogP contribution in [0.1, 0.15) is 0 Å². The second kappa shape index (κ2) is 8.72. The molecule has 4 aromatic rings. The van der Waals surface area contributed by atoms with Gasteiger partial charge in [-0.3, -0.25) is 9.59 Å². The summed E-state index contributed by atoms with van der Waals surface area (Å²) in [6.45, 7) is 0.717. The van der Waals surface area contributed by atoms with Crippen molar-refractivity contribution in [3.05, 3.63) is 88.0 Å². The third kappa shape index (κ3) is 4.31. The number of fused-ring (bicyclic) bond motifs is 2. The summed E-state index contributed by atoms with van der Waals surface area (Å²) in [5.74, 6) is 0.680. The minimum absolute atomic E-state index is 0.00720. The number of carbonyl (C=O) groups excluding carboxylic acids is 1. The van der Waals surface area contributed by atoms with E-state index >= 15 is 0 Å². The van der Waals surface area contributed by atoms with E-state index in [1.165, 1.54) is 0 Å². The van der Waals surface area contributed by atoms with E-state index in [1.807, 2.05) is 65.2 Å². The maximum absolute atomic E-state index is 12.8. The normalized spacial score (nSPS) is 11.1. The standard InChI is InChI=1S/C23H19ClN2O2S/c24-16-9-11-17(12-10-16)29-14-13-25-22(27)15-26-20-7-3-1-5-18(20)23(28)19-6-2-4-8-21(19)26/h1-12H,13-15H2,(H,25,27). The zero-order chi connectivity index (χ0) is 20.2. The highest BCUT2D eigenvalue weighted by atomic mass is 35.5. The smallest absolute Gasteiger partial charge is 0.239 e. The second-order valence-electron chi connectivity index (χ2n) is 6.60. The first-order valence-corrected chi connectivity index (χ1v) is 10.7. The quantitative estimate of drug-likeness (QED) is 0.278. The maximum Gasteiger partial charge on any atom is 0.239 e. The van der Waals surface area contributed by atoms with E-state index in [4.69, 9.17) is 11.6 Å². The lowest BCUT2D eigenvalue weighted by atomic mass is 10.1. The Balaban J connectivity index is 1.49. The predicted octanol–water partition coefficient (Wildman–Crippen LogP) is 4.72. The molecule has 0 aliphatic carbocycles. The number of halogens is 1. The Morgan fingerprint density at radius 3 is 2.10 bits per heavy atom. The monoisotopic (exact) mass is 422 g/mol. The summed E-state index contributed by atoms with van der Waals surface area (Å²) in [5, 5.41) is 4.93. The molecule has 0 radical (unpaired) electrons. The van der Waals surface area contributed by atoms with Crippen LogP contribution < -0.4 is 10.7 Å². The van der Waals surface area contributed by atoms with E-state index in [9.17, 15) is 9.59 Å². The molecule has 0 fully saturated rings. The zero-order valence-electron chi connectivity index (χ0n) is 15.6. The van der Waals surface area contributed by atoms with Crippen molar-refractivity contribution in [2.24, 2.45) is 0 Å². The van der Waals surface area contributed by atoms with Crippen molar-refractivity contribution in [3.63, 3.8) is 0 Å². The summed E-state index contributed by atoms with van der Waals surface area (Å²) in [6, 6.07) is 22.5.